The molecule has 0 aromatic heterocycles. The molecular weight excluding hydrogens is 244 g/mol. The third kappa shape index (κ3) is 6.08. The number of hydrogen-bond acceptors (Lipinski definition) is 2. The lowest BCUT2D eigenvalue weighted by atomic mass is 9.67. The maximum Gasteiger partial charge on any atom is 0.309 e. The van der Waals surface area contributed by atoms with Crippen molar-refractivity contribution in [2.75, 3.05) is 0 Å². The molecule has 2 N–H and O–H groups in total. The molecule has 0 heterocycles. The smallest absolute Gasteiger partial charge is 0.309 e. The predicted molar refractivity (Wildman–Crippen MR) is 75.1 cm³/mol. The lowest BCUT2D eigenvalue weighted by molar-refractivity contribution is -0.154. The molecule has 0 radical (unpaired) electrons. The van der Waals surface area contributed by atoms with Crippen molar-refractivity contribution in [3.8, 4) is 0 Å². The number of rotatable bonds is 4. The average molecular weight is 272 g/mol. The zero-order valence-corrected chi connectivity index (χ0v) is 12.6. The Morgan fingerprint density at radius 3 is 1.63 bits per heavy atom. The molecule has 4 nitrogen and oxygen atoms in total. The molecule has 1 aliphatic carbocycles. The van der Waals surface area contributed by atoms with E-state index in [-0.39, 0.29) is 18.3 Å². The summed E-state index contributed by atoms with van der Waals surface area (Å²) in [5.74, 6) is -0.750. The Hall–Kier alpha value is -1.06. The number of carbonyl (C=O) groups is 2. The van der Waals surface area contributed by atoms with Gasteiger partial charge in [-0.2, -0.15) is 0 Å². The molecule has 0 amide bonds. The molecule has 0 atom stereocenters. The van der Waals surface area contributed by atoms with Gasteiger partial charge in [0.15, 0.2) is 0 Å². The van der Waals surface area contributed by atoms with Gasteiger partial charge in [0.2, 0.25) is 0 Å². The van der Waals surface area contributed by atoms with Crippen LogP contribution in [0.4, 0.5) is 0 Å². The Kier molecular flexibility index (Phi) is 7.72. The lowest BCUT2D eigenvalue weighted by Gasteiger charge is -2.36. The van der Waals surface area contributed by atoms with Crippen molar-refractivity contribution in [3.63, 3.8) is 0 Å². The van der Waals surface area contributed by atoms with E-state index >= 15 is 0 Å². The number of hydrogen-bond donors (Lipinski definition) is 2. The minimum absolute atomic E-state index is 0.273. The summed E-state index contributed by atoms with van der Waals surface area (Å²) in [6.45, 7) is 7.82. The van der Waals surface area contributed by atoms with Crippen LogP contribution in [-0.4, -0.2) is 22.2 Å². The van der Waals surface area contributed by atoms with Gasteiger partial charge in [0, 0.05) is 6.42 Å². The quantitative estimate of drug-likeness (QED) is 0.816. The second-order valence-electron chi connectivity index (χ2n) is 6.17. The molecule has 0 spiro atoms. The Bertz CT molecular complexity index is 289. The van der Waals surface area contributed by atoms with Crippen molar-refractivity contribution in [3.05, 3.63) is 0 Å². The highest BCUT2D eigenvalue weighted by Gasteiger charge is 2.42. The van der Waals surface area contributed by atoms with Crippen LogP contribution in [0.5, 0.6) is 0 Å². The van der Waals surface area contributed by atoms with Crippen molar-refractivity contribution >= 4 is 11.9 Å². The molecule has 0 bridgehead atoms. The summed E-state index contributed by atoms with van der Waals surface area (Å²) in [5.41, 5.74) is -0.405. The van der Waals surface area contributed by atoms with Crippen molar-refractivity contribution < 1.29 is 19.8 Å². The van der Waals surface area contributed by atoms with Crippen LogP contribution in [0.15, 0.2) is 0 Å². The molecule has 0 aromatic rings. The SMILES string of the molecule is CC(C)C1(C(=O)O)CCCCC1.CC(C)CC(=O)O. The molecule has 112 valence electrons. The molecule has 1 aliphatic rings. The standard InChI is InChI=1S/C10H18O2.C5H10O2/c1-8(2)10(9(11)12)6-4-3-5-7-10;1-4(2)3-5(6)7/h8H,3-7H2,1-2H3,(H,11,12);4H,3H2,1-2H3,(H,6,7). The molecule has 0 saturated heterocycles. The summed E-state index contributed by atoms with van der Waals surface area (Å²) >= 11 is 0. The first-order chi connectivity index (χ1) is 8.72. The molecule has 0 aliphatic heterocycles. The van der Waals surface area contributed by atoms with E-state index in [9.17, 15) is 9.59 Å². The van der Waals surface area contributed by atoms with Gasteiger partial charge in [0.1, 0.15) is 0 Å². The topological polar surface area (TPSA) is 74.6 Å². The molecule has 19 heavy (non-hydrogen) atoms. The highest BCUT2D eigenvalue weighted by Crippen LogP contribution is 2.42. The van der Waals surface area contributed by atoms with E-state index in [1.54, 1.807) is 0 Å². The lowest BCUT2D eigenvalue weighted by Crippen LogP contribution is -2.38. The van der Waals surface area contributed by atoms with E-state index < -0.39 is 17.4 Å². The first-order valence-corrected chi connectivity index (χ1v) is 7.17. The Morgan fingerprint density at radius 2 is 1.47 bits per heavy atom. The molecular formula is C15H28O4. The molecule has 1 fully saturated rings. The minimum Gasteiger partial charge on any atom is -0.481 e. The van der Waals surface area contributed by atoms with E-state index in [1.165, 1.54) is 6.42 Å². The normalized spacial score (nSPS) is 17.8. The summed E-state index contributed by atoms with van der Waals surface area (Å²) in [6, 6.07) is 0. The van der Waals surface area contributed by atoms with Crippen LogP contribution in [0.2, 0.25) is 0 Å². The van der Waals surface area contributed by atoms with Crippen LogP contribution in [0, 0.1) is 17.3 Å². The molecule has 1 rings (SSSR count). The zero-order valence-electron chi connectivity index (χ0n) is 12.6. The van der Waals surface area contributed by atoms with Crippen LogP contribution >= 0.6 is 0 Å². The maximum atomic E-state index is 11.1. The van der Waals surface area contributed by atoms with Crippen LogP contribution in [0.25, 0.3) is 0 Å². The fourth-order valence-electron chi connectivity index (χ4n) is 2.57. The molecule has 0 aromatic carbocycles. The summed E-state index contributed by atoms with van der Waals surface area (Å²) in [7, 11) is 0. The summed E-state index contributed by atoms with van der Waals surface area (Å²) in [5, 5.41) is 17.2. The van der Waals surface area contributed by atoms with Crippen molar-refractivity contribution in [1.82, 2.24) is 0 Å². The van der Waals surface area contributed by atoms with Crippen LogP contribution < -0.4 is 0 Å². The number of carboxylic acids is 2. The largest absolute Gasteiger partial charge is 0.481 e. The van der Waals surface area contributed by atoms with E-state index in [0.717, 1.165) is 25.7 Å². The van der Waals surface area contributed by atoms with Gasteiger partial charge in [-0.05, 0) is 24.7 Å². The van der Waals surface area contributed by atoms with Crippen LogP contribution in [-0.2, 0) is 9.59 Å². The van der Waals surface area contributed by atoms with E-state index in [0.29, 0.717) is 0 Å². The van der Waals surface area contributed by atoms with Gasteiger partial charge < -0.3 is 10.2 Å². The third-order valence-electron chi connectivity index (χ3n) is 3.86. The predicted octanol–water partition coefficient (Wildman–Crippen LogP) is 3.79. The maximum absolute atomic E-state index is 11.1. The zero-order chi connectivity index (χ0) is 15.1. The second kappa shape index (κ2) is 8.18. The highest BCUT2D eigenvalue weighted by atomic mass is 16.4. The van der Waals surface area contributed by atoms with Crippen molar-refractivity contribution in [2.45, 2.75) is 66.2 Å². The highest BCUT2D eigenvalue weighted by molar-refractivity contribution is 5.75. The molecule has 1 saturated carbocycles. The fraction of sp³-hybridized carbons (Fsp3) is 0.867. The monoisotopic (exact) mass is 272 g/mol. The van der Waals surface area contributed by atoms with E-state index in [1.807, 2.05) is 27.7 Å². The summed E-state index contributed by atoms with van der Waals surface area (Å²) in [6.07, 6.45) is 5.41. The van der Waals surface area contributed by atoms with Gasteiger partial charge in [-0.15, -0.1) is 0 Å². The second-order valence-corrected chi connectivity index (χ2v) is 6.17. The first-order valence-electron chi connectivity index (χ1n) is 7.17. The van der Waals surface area contributed by atoms with Crippen LogP contribution in [0.3, 0.4) is 0 Å². The fourth-order valence-corrected chi connectivity index (χ4v) is 2.57. The average Bonchev–Trinajstić information content (AvgIpc) is 2.28. The number of carboxylic acid groups (broad SMARTS) is 2. The molecule has 0 unspecified atom stereocenters. The van der Waals surface area contributed by atoms with E-state index in [4.69, 9.17) is 10.2 Å². The van der Waals surface area contributed by atoms with Gasteiger partial charge in [0.25, 0.3) is 0 Å². The number of aliphatic carboxylic acids is 2. The summed E-state index contributed by atoms with van der Waals surface area (Å²) in [4.78, 5) is 20.9. The third-order valence-corrected chi connectivity index (χ3v) is 3.86. The minimum atomic E-state index is -0.713. The van der Waals surface area contributed by atoms with E-state index in [2.05, 4.69) is 0 Å². The first kappa shape index (κ1) is 17.9. The van der Waals surface area contributed by atoms with Gasteiger partial charge in [-0.3, -0.25) is 9.59 Å². The Balaban J connectivity index is 0.000000399. The van der Waals surface area contributed by atoms with Gasteiger partial charge >= 0.3 is 11.9 Å². The van der Waals surface area contributed by atoms with Crippen molar-refractivity contribution in [2.24, 2.45) is 17.3 Å². The van der Waals surface area contributed by atoms with Crippen LogP contribution in [0.1, 0.15) is 66.2 Å². The summed E-state index contributed by atoms with van der Waals surface area (Å²) < 4.78 is 0. The van der Waals surface area contributed by atoms with Gasteiger partial charge in [-0.25, -0.2) is 0 Å². The molecule has 4 heteroatoms. The van der Waals surface area contributed by atoms with Gasteiger partial charge in [-0.1, -0.05) is 47.0 Å². The van der Waals surface area contributed by atoms with Gasteiger partial charge in [0.05, 0.1) is 5.41 Å². The van der Waals surface area contributed by atoms with Crippen molar-refractivity contribution in [1.29, 1.82) is 0 Å². The Labute approximate surface area is 116 Å². The Morgan fingerprint density at radius 1 is 1.00 bits per heavy atom.